The van der Waals surface area contributed by atoms with Gasteiger partial charge in [0, 0.05) is 12.6 Å². The topological polar surface area (TPSA) is 27.1 Å². The Labute approximate surface area is 88.2 Å². The van der Waals surface area contributed by atoms with Crippen molar-refractivity contribution in [3.05, 3.63) is 16.9 Å². The average molecular weight is 267 g/mol. The normalized spacial score (nSPS) is 26.4. The molecular weight excluding hydrogens is 258 g/mol. The lowest BCUT2D eigenvalue weighted by Crippen LogP contribution is -2.36. The third-order valence-corrected chi connectivity index (χ3v) is 2.51. The maximum Gasteiger partial charge on any atom is 0.273 e. The van der Waals surface area contributed by atoms with Crippen molar-refractivity contribution < 1.29 is 13.5 Å². The van der Waals surface area contributed by atoms with Crippen LogP contribution in [0.5, 0.6) is 0 Å². The van der Waals surface area contributed by atoms with Gasteiger partial charge < -0.3 is 4.74 Å². The number of hydrogen-bond donors (Lipinski definition) is 0. The highest BCUT2D eigenvalue weighted by Crippen LogP contribution is 2.31. The summed E-state index contributed by atoms with van der Waals surface area (Å²) in [4.78, 5) is 0. The Balaban J connectivity index is 2.12. The highest BCUT2D eigenvalue weighted by molar-refractivity contribution is 9.10. The number of halogens is 3. The van der Waals surface area contributed by atoms with Gasteiger partial charge in [-0.1, -0.05) is 0 Å². The summed E-state index contributed by atoms with van der Waals surface area (Å²) in [6, 6.07) is -0.370. The zero-order valence-corrected chi connectivity index (χ0v) is 8.88. The van der Waals surface area contributed by atoms with E-state index in [1.807, 2.05) is 0 Å². The molecule has 1 aromatic heterocycles. The van der Waals surface area contributed by atoms with E-state index in [2.05, 4.69) is 21.0 Å². The monoisotopic (exact) mass is 266 g/mol. The molecule has 1 unspecified atom stereocenters. The second-order valence-corrected chi connectivity index (χ2v) is 4.28. The van der Waals surface area contributed by atoms with Gasteiger partial charge in [-0.2, -0.15) is 5.10 Å². The Kier molecular flexibility index (Phi) is 2.57. The average Bonchev–Trinajstić information content (AvgIpc) is 2.50. The molecule has 0 bridgehead atoms. The first kappa shape index (κ1) is 10.0. The molecule has 0 aromatic carbocycles. The van der Waals surface area contributed by atoms with Crippen molar-refractivity contribution >= 4 is 15.9 Å². The molecule has 0 amide bonds. The van der Waals surface area contributed by atoms with E-state index < -0.39 is 12.5 Å². The van der Waals surface area contributed by atoms with Crippen LogP contribution >= 0.6 is 15.9 Å². The smallest absolute Gasteiger partial charge is 0.273 e. The molecular formula is C8H9BrF2N2O. The van der Waals surface area contributed by atoms with E-state index in [9.17, 15) is 8.78 Å². The molecule has 1 aliphatic rings. The van der Waals surface area contributed by atoms with Crippen LogP contribution < -0.4 is 0 Å². The third kappa shape index (κ3) is 2.12. The van der Waals surface area contributed by atoms with Crippen molar-refractivity contribution in [3.8, 4) is 0 Å². The zero-order chi connectivity index (χ0) is 10.2. The molecule has 0 radical (unpaired) electrons. The first-order chi connectivity index (χ1) is 6.57. The summed E-state index contributed by atoms with van der Waals surface area (Å²) in [6.07, 6.45) is 3.04. The molecule has 2 heterocycles. The van der Waals surface area contributed by atoms with Crippen molar-refractivity contribution in [1.29, 1.82) is 0 Å². The van der Waals surface area contributed by atoms with E-state index >= 15 is 0 Å². The van der Waals surface area contributed by atoms with Crippen molar-refractivity contribution in [3.63, 3.8) is 0 Å². The van der Waals surface area contributed by atoms with Crippen LogP contribution in [0.25, 0.3) is 0 Å². The second kappa shape index (κ2) is 3.58. The summed E-state index contributed by atoms with van der Waals surface area (Å²) in [5, 5.41) is 3.96. The molecule has 0 saturated carbocycles. The first-order valence-electron chi connectivity index (χ1n) is 4.22. The van der Waals surface area contributed by atoms with Gasteiger partial charge in [0.15, 0.2) is 0 Å². The van der Waals surface area contributed by atoms with Gasteiger partial charge in [0.1, 0.15) is 6.61 Å². The Morgan fingerprint density at radius 3 is 3.00 bits per heavy atom. The molecule has 3 nitrogen and oxygen atoms in total. The second-order valence-electron chi connectivity index (χ2n) is 3.37. The minimum atomic E-state index is -2.73. The highest BCUT2D eigenvalue weighted by Gasteiger charge is 2.38. The van der Waals surface area contributed by atoms with Gasteiger partial charge >= 0.3 is 0 Å². The fraction of sp³-hybridized carbons (Fsp3) is 0.625. The Morgan fingerprint density at radius 1 is 1.64 bits per heavy atom. The minimum Gasteiger partial charge on any atom is -0.373 e. The predicted octanol–water partition coefficient (Wildman–Crippen LogP) is 2.24. The van der Waals surface area contributed by atoms with Gasteiger partial charge in [-0.25, -0.2) is 8.78 Å². The summed E-state index contributed by atoms with van der Waals surface area (Å²) < 4.78 is 33.1. The van der Waals surface area contributed by atoms with Crippen LogP contribution in [0.2, 0.25) is 0 Å². The van der Waals surface area contributed by atoms with E-state index in [0.29, 0.717) is 6.61 Å². The van der Waals surface area contributed by atoms with E-state index in [1.54, 1.807) is 12.4 Å². The third-order valence-electron chi connectivity index (χ3n) is 2.10. The highest BCUT2D eigenvalue weighted by atomic mass is 79.9. The maximum atomic E-state index is 13.0. The van der Waals surface area contributed by atoms with Crippen molar-refractivity contribution in [1.82, 2.24) is 9.78 Å². The van der Waals surface area contributed by atoms with E-state index in [0.717, 1.165) is 4.47 Å². The molecule has 0 N–H and O–H groups in total. The van der Waals surface area contributed by atoms with Crippen LogP contribution in [-0.2, 0) is 4.74 Å². The fourth-order valence-corrected chi connectivity index (χ4v) is 1.79. The molecule has 1 saturated heterocycles. The van der Waals surface area contributed by atoms with Crippen molar-refractivity contribution in [2.75, 3.05) is 13.2 Å². The summed E-state index contributed by atoms with van der Waals surface area (Å²) in [7, 11) is 0. The van der Waals surface area contributed by atoms with E-state index in [1.165, 1.54) is 4.68 Å². The summed E-state index contributed by atoms with van der Waals surface area (Å²) >= 11 is 3.22. The molecule has 0 spiro atoms. The van der Waals surface area contributed by atoms with Gasteiger partial charge in [0.2, 0.25) is 0 Å². The quantitative estimate of drug-likeness (QED) is 0.780. The van der Waals surface area contributed by atoms with E-state index in [-0.39, 0.29) is 12.5 Å². The minimum absolute atomic E-state index is 0.207. The number of nitrogens with zero attached hydrogens (tertiary/aromatic N) is 2. The Morgan fingerprint density at radius 2 is 2.43 bits per heavy atom. The molecule has 14 heavy (non-hydrogen) atoms. The van der Waals surface area contributed by atoms with Crippen LogP contribution in [0.1, 0.15) is 12.5 Å². The van der Waals surface area contributed by atoms with Crippen LogP contribution in [0.4, 0.5) is 8.78 Å². The molecule has 2 rings (SSSR count). The van der Waals surface area contributed by atoms with Crippen LogP contribution in [-0.4, -0.2) is 28.9 Å². The summed E-state index contributed by atoms with van der Waals surface area (Å²) in [5.41, 5.74) is 0. The van der Waals surface area contributed by atoms with Crippen LogP contribution in [0.3, 0.4) is 0 Å². The Bertz CT molecular complexity index is 329. The van der Waals surface area contributed by atoms with E-state index in [4.69, 9.17) is 4.74 Å². The van der Waals surface area contributed by atoms with Crippen molar-refractivity contribution in [2.45, 2.75) is 18.4 Å². The fourth-order valence-electron chi connectivity index (χ4n) is 1.49. The summed E-state index contributed by atoms with van der Waals surface area (Å²) in [6.45, 7) is -0.185. The number of ether oxygens (including phenoxy) is 1. The molecule has 1 aromatic rings. The number of rotatable bonds is 1. The lowest BCUT2D eigenvalue weighted by atomic mass is 10.1. The molecule has 1 fully saturated rings. The predicted molar refractivity (Wildman–Crippen MR) is 49.3 cm³/mol. The van der Waals surface area contributed by atoms with Gasteiger partial charge in [-0.05, 0) is 15.9 Å². The first-order valence-corrected chi connectivity index (χ1v) is 5.01. The molecule has 1 aliphatic heterocycles. The largest absolute Gasteiger partial charge is 0.373 e. The lowest BCUT2D eigenvalue weighted by Gasteiger charge is -2.28. The van der Waals surface area contributed by atoms with Gasteiger partial charge in [0.05, 0.1) is 23.3 Å². The molecule has 6 heteroatoms. The number of hydrogen-bond acceptors (Lipinski definition) is 2. The Hall–Kier alpha value is -0.490. The molecule has 78 valence electrons. The standard InChI is InChI=1S/C8H9BrF2N2O/c9-6-2-12-13(3-6)7-1-8(10,11)5-14-4-7/h2-3,7H,1,4-5H2. The maximum absolute atomic E-state index is 13.0. The summed E-state index contributed by atoms with van der Waals surface area (Å²) in [5.74, 6) is -2.73. The lowest BCUT2D eigenvalue weighted by molar-refractivity contribution is -0.133. The van der Waals surface area contributed by atoms with Gasteiger partial charge in [0.25, 0.3) is 5.92 Å². The van der Waals surface area contributed by atoms with Crippen molar-refractivity contribution in [2.24, 2.45) is 0 Å². The molecule has 1 atom stereocenters. The van der Waals surface area contributed by atoms with Crippen LogP contribution in [0, 0.1) is 0 Å². The number of alkyl halides is 2. The van der Waals surface area contributed by atoms with Crippen LogP contribution in [0.15, 0.2) is 16.9 Å². The SMILES string of the molecule is FC1(F)COCC(n2cc(Br)cn2)C1. The number of aromatic nitrogens is 2. The van der Waals surface area contributed by atoms with Gasteiger partial charge in [-0.15, -0.1) is 0 Å². The molecule has 0 aliphatic carbocycles. The van der Waals surface area contributed by atoms with Gasteiger partial charge in [-0.3, -0.25) is 4.68 Å². The zero-order valence-electron chi connectivity index (χ0n) is 7.29.